The maximum atomic E-state index is 13.9. The van der Waals surface area contributed by atoms with Crippen molar-refractivity contribution in [3.63, 3.8) is 0 Å². The summed E-state index contributed by atoms with van der Waals surface area (Å²) in [5.74, 6) is 1.20. The normalized spacial score (nSPS) is 14.9. The van der Waals surface area contributed by atoms with Crippen molar-refractivity contribution in [2.45, 2.75) is 33.7 Å². The SMILES string of the molecule is CCOc1ccc(C2c3c(oc4cc(C)c(C)cc4c3=O)C(=O)N2c2ccccn2)cc1OCC. The third-order valence-corrected chi connectivity index (χ3v) is 6.27. The standard InChI is InChI=1S/C28H26N2O5/c1-5-33-20-11-10-18(15-22(20)34-6-2)25-24-26(31)19-13-16(3)17(4)14-21(19)35-27(24)28(32)30(25)23-9-7-8-12-29-23/h7-15,25H,5-6H2,1-4H3. The molecule has 7 heteroatoms. The molecule has 5 rings (SSSR count). The van der Waals surface area contributed by atoms with E-state index in [1.54, 1.807) is 30.5 Å². The van der Waals surface area contributed by atoms with Gasteiger partial charge >= 0.3 is 0 Å². The predicted octanol–water partition coefficient (Wildman–Crippen LogP) is 5.35. The molecule has 2 aromatic carbocycles. The first kappa shape index (κ1) is 22.7. The highest BCUT2D eigenvalue weighted by Crippen LogP contribution is 2.43. The van der Waals surface area contributed by atoms with Gasteiger partial charge in [-0.1, -0.05) is 12.1 Å². The lowest BCUT2D eigenvalue weighted by Gasteiger charge is -2.25. The summed E-state index contributed by atoms with van der Waals surface area (Å²) in [5, 5.41) is 0.448. The Kier molecular flexibility index (Phi) is 5.76. The van der Waals surface area contributed by atoms with Gasteiger partial charge in [0.05, 0.1) is 30.2 Å². The summed E-state index contributed by atoms with van der Waals surface area (Å²) < 4.78 is 17.6. The molecular weight excluding hydrogens is 444 g/mol. The molecular formula is C28H26N2O5. The Morgan fingerprint density at radius 2 is 1.69 bits per heavy atom. The van der Waals surface area contributed by atoms with E-state index in [0.717, 1.165) is 11.1 Å². The number of aromatic nitrogens is 1. The fourth-order valence-corrected chi connectivity index (χ4v) is 4.51. The predicted molar refractivity (Wildman–Crippen MR) is 134 cm³/mol. The third kappa shape index (κ3) is 3.73. The van der Waals surface area contributed by atoms with Crippen molar-refractivity contribution in [2.75, 3.05) is 18.1 Å². The van der Waals surface area contributed by atoms with E-state index in [1.165, 1.54) is 4.90 Å². The van der Waals surface area contributed by atoms with Crippen LogP contribution in [0.25, 0.3) is 11.0 Å². The average molecular weight is 471 g/mol. The lowest BCUT2D eigenvalue weighted by molar-refractivity contribution is 0.0970. The van der Waals surface area contributed by atoms with Crippen molar-refractivity contribution in [1.82, 2.24) is 4.98 Å². The van der Waals surface area contributed by atoms with Crippen LogP contribution in [0, 0.1) is 13.8 Å². The Morgan fingerprint density at radius 3 is 2.40 bits per heavy atom. The summed E-state index contributed by atoms with van der Waals surface area (Å²) in [7, 11) is 0. The number of pyridine rings is 1. The van der Waals surface area contributed by atoms with Gasteiger partial charge in [-0.3, -0.25) is 14.5 Å². The van der Waals surface area contributed by atoms with Crippen molar-refractivity contribution >= 4 is 22.7 Å². The van der Waals surface area contributed by atoms with Crippen LogP contribution >= 0.6 is 0 Å². The van der Waals surface area contributed by atoms with E-state index >= 15 is 0 Å². The van der Waals surface area contributed by atoms with Gasteiger partial charge in [0.1, 0.15) is 11.4 Å². The molecule has 0 fully saturated rings. The summed E-state index contributed by atoms with van der Waals surface area (Å²) >= 11 is 0. The summed E-state index contributed by atoms with van der Waals surface area (Å²) in [6.07, 6.45) is 1.62. The van der Waals surface area contributed by atoms with Crippen molar-refractivity contribution in [2.24, 2.45) is 0 Å². The number of hydrogen-bond acceptors (Lipinski definition) is 6. The van der Waals surface area contributed by atoms with E-state index in [1.807, 2.05) is 52.0 Å². The highest BCUT2D eigenvalue weighted by Gasteiger charge is 2.44. The van der Waals surface area contributed by atoms with E-state index < -0.39 is 11.9 Å². The molecule has 1 aliphatic heterocycles. The lowest BCUT2D eigenvalue weighted by atomic mass is 9.97. The summed E-state index contributed by atoms with van der Waals surface area (Å²) in [6, 6.07) is 13.7. The molecule has 0 saturated heterocycles. The first-order chi connectivity index (χ1) is 16.9. The summed E-state index contributed by atoms with van der Waals surface area (Å²) in [5.41, 5.74) is 3.12. The zero-order chi connectivity index (χ0) is 24.7. The van der Waals surface area contributed by atoms with Crippen molar-refractivity contribution in [3.8, 4) is 11.5 Å². The highest BCUT2D eigenvalue weighted by atomic mass is 16.5. The van der Waals surface area contributed by atoms with Crippen LogP contribution in [0.1, 0.15) is 52.7 Å². The minimum absolute atomic E-state index is 0.0354. The van der Waals surface area contributed by atoms with E-state index in [-0.39, 0.29) is 11.2 Å². The van der Waals surface area contributed by atoms with E-state index in [9.17, 15) is 9.59 Å². The molecule has 1 aliphatic rings. The Hall–Kier alpha value is -4.13. The number of anilines is 1. The Bertz CT molecular complexity index is 1490. The molecule has 3 heterocycles. The first-order valence-corrected chi connectivity index (χ1v) is 11.7. The van der Waals surface area contributed by atoms with Gasteiger partial charge in [-0.2, -0.15) is 0 Å². The first-order valence-electron chi connectivity index (χ1n) is 11.7. The summed E-state index contributed by atoms with van der Waals surface area (Å²) in [6.45, 7) is 8.62. The smallest absolute Gasteiger partial charge is 0.296 e. The van der Waals surface area contributed by atoms with E-state index in [2.05, 4.69) is 4.98 Å². The molecule has 4 aromatic rings. The molecule has 0 aliphatic carbocycles. The van der Waals surface area contributed by atoms with E-state index in [0.29, 0.717) is 52.6 Å². The number of amides is 1. The molecule has 35 heavy (non-hydrogen) atoms. The number of aryl methyl sites for hydroxylation is 2. The molecule has 1 amide bonds. The molecule has 7 nitrogen and oxygen atoms in total. The van der Waals surface area contributed by atoms with Crippen molar-refractivity contribution in [1.29, 1.82) is 0 Å². The average Bonchev–Trinajstić information content (AvgIpc) is 3.15. The number of carbonyl (C=O) groups excluding carboxylic acids is 1. The second-order valence-electron chi connectivity index (χ2n) is 8.44. The van der Waals surface area contributed by atoms with Gasteiger partial charge in [0.25, 0.3) is 5.91 Å². The molecule has 0 saturated carbocycles. The zero-order valence-corrected chi connectivity index (χ0v) is 20.1. The van der Waals surface area contributed by atoms with Gasteiger partial charge < -0.3 is 13.9 Å². The van der Waals surface area contributed by atoms with Crippen LogP contribution in [0.15, 0.2) is 63.9 Å². The second-order valence-corrected chi connectivity index (χ2v) is 8.44. The van der Waals surface area contributed by atoms with Gasteiger partial charge in [0.2, 0.25) is 5.76 Å². The Morgan fingerprint density at radius 1 is 0.943 bits per heavy atom. The van der Waals surface area contributed by atoms with Crippen LogP contribution in [0.3, 0.4) is 0 Å². The number of rotatable bonds is 6. The quantitative estimate of drug-likeness (QED) is 0.378. The number of nitrogens with zero attached hydrogens (tertiary/aromatic N) is 2. The monoisotopic (exact) mass is 470 g/mol. The van der Waals surface area contributed by atoms with Crippen LogP contribution in [0.2, 0.25) is 0 Å². The molecule has 1 atom stereocenters. The Balaban J connectivity index is 1.79. The lowest BCUT2D eigenvalue weighted by Crippen LogP contribution is -2.30. The van der Waals surface area contributed by atoms with Crippen LogP contribution < -0.4 is 19.8 Å². The number of carbonyl (C=O) groups is 1. The number of benzene rings is 2. The maximum absolute atomic E-state index is 13.9. The van der Waals surface area contributed by atoms with Crippen LogP contribution in [0.5, 0.6) is 11.5 Å². The topological polar surface area (TPSA) is 81.9 Å². The van der Waals surface area contributed by atoms with Gasteiger partial charge in [0, 0.05) is 6.20 Å². The van der Waals surface area contributed by atoms with Gasteiger partial charge in [-0.05, 0) is 80.8 Å². The third-order valence-electron chi connectivity index (χ3n) is 6.27. The Labute approximate surface area is 202 Å². The highest BCUT2D eigenvalue weighted by molar-refractivity contribution is 6.10. The second kappa shape index (κ2) is 8.91. The van der Waals surface area contributed by atoms with Crippen LogP contribution in [-0.2, 0) is 0 Å². The molecule has 2 aromatic heterocycles. The maximum Gasteiger partial charge on any atom is 0.296 e. The number of fused-ring (bicyclic) bond motifs is 2. The number of ether oxygens (including phenoxy) is 2. The molecule has 0 spiro atoms. The van der Waals surface area contributed by atoms with Gasteiger partial charge in [-0.15, -0.1) is 0 Å². The van der Waals surface area contributed by atoms with Gasteiger partial charge in [-0.25, -0.2) is 4.98 Å². The molecule has 0 bridgehead atoms. The van der Waals surface area contributed by atoms with Crippen molar-refractivity contribution in [3.05, 3.63) is 93.0 Å². The van der Waals surface area contributed by atoms with Crippen molar-refractivity contribution < 1.29 is 18.7 Å². The van der Waals surface area contributed by atoms with Gasteiger partial charge in [0.15, 0.2) is 16.9 Å². The minimum atomic E-state index is -0.732. The van der Waals surface area contributed by atoms with Crippen LogP contribution in [-0.4, -0.2) is 24.1 Å². The largest absolute Gasteiger partial charge is 0.490 e. The molecule has 1 unspecified atom stereocenters. The molecule has 178 valence electrons. The fourth-order valence-electron chi connectivity index (χ4n) is 4.51. The van der Waals surface area contributed by atoms with Crippen LogP contribution in [0.4, 0.5) is 5.82 Å². The fraction of sp³-hybridized carbons (Fsp3) is 0.250. The molecule has 0 radical (unpaired) electrons. The molecule has 0 N–H and O–H groups in total. The zero-order valence-electron chi connectivity index (χ0n) is 20.1. The minimum Gasteiger partial charge on any atom is -0.490 e. The number of hydrogen-bond donors (Lipinski definition) is 0. The van der Waals surface area contributed by atoms with E-state index in [4.69, 9.17) is 13.9 Å². The summed E-state index contributed by atoms with van der Waals surface area (Å²) in [4.78, 5) is 33.5.